The lowest BCUT2D eigenvalue weighted by Gasteiger charge is -2.24. The van der Waals surface area contributed by atoms with Crippen LogP contribution in [0.15, 0.2) is 71.8 Å². The van der Waals surface area contributed by atoms with Gasteiger partial charge in [-0.15, -0.1) is 0 Å². The molecule has 2 aromatic carbocycles. The zero-order chi connectivity index (χ0) is 27.1. The van der Waals surface area contributed by atoms with E-state index in [-0.39, 0.29) is 22.7 Å². The van der Waals surface area contributed by atoms with Crippen LogP contribution in [0, 0.1) is 5.82 Å². The Labute approximate surface area is 229 Å². The quantitative estimate of drug-likeness (QED) is 0.379. The number of aryl methyl sites for hydroxylation is 1. The molecule has 7 nitrogen and oxygen atoms in total. The number of aliphatic hydroxyl groups excluding tert-OH is 1. The number of nitrogens with zero attached hydrogens (tertiary/aromatic N) is 3. The van der Waals surface area contributed by atoms with Crippen molar-refractivity contribution >= 4 is 17.5 Å². The Balaban J connectivity index is 1.29. The molecule has 2 aliphatic rings. The highest BCUT2D eigenvalue weighted by Gasteiger charge is 2.49. The number of halogens is 2. The third-order valence-electron chi connectivity index (χ3n) is 7.71. The van der Waals surface area contributed by atoms with Gasteiger partial charge in [0.2, 0.25) is 0 Å². The molecule has 9 heteroatoms. The van der Waals surface area contributed by atoms with Crippen LogP contribution in [0.1, 0.15) is 53.6 Å². The second-order valence-corrected chi connectivity index (χ2v) is 10.6. The minimum Gasteiger partial charge on any atom is -0.378 e. The Morgan fingerprint density at radius 1 is 1.10 bits per heavy atom. The van der Waals surface area contributed by atoms with Crippen molar-refractivity contribution in [2.45, 2.75) is 43.7 Å². The summed E-state index contributed by atoms with van der Waals surface area (Å²) in [6, 6.07) is 16.3. The Hall–Kier alpha value is -3.88. The van der Waals surface area contributed by atoms with Crippen LogP contribution >= 0.6 is 11.6 Å². The lowest BCUT2D eigenvalue weighted by atomic mass is 9.93. The molecule has 39 heavy (non-hydrogen) atoms. The first-order valence-corrected chi connectivity index (χ1v) is 13.3. The number of benzene rings is 2. The van der Waals surface area contributed by atoms with E-state index >= 15 is 0 Å². The molecule has 4 aromatic rings. The van der Waals surface area contributed by atoms with Crippen molar-refractivity contribution in [3.8, 4) is 11.1 Å². The van der Waals surface area contributed by atoms with Crippen molar-refractivity contribution in [3.05, 3.63) is 116 Å². The predicted octanol–water partition coefficient (Wildman–Crippen LogP) is 4.71. The number of pyridine rings is 1. The molecule has 6 rings (SSSR count). The fraction of sp³-hybridized carbons (Fsp3) is 0.267. The highest BCUT2D eigenvalue weighted by Crippen LogP contribution is 2.52. The van der Waals surface area contributed by atoms with Gasteiger partial charge in [-0.25, -0.2) is 9.37 Å². The molecule has 0 saturated heterocycles. The molecule has 0 bridgehead atoms. The predicted molar refractivity (Wildman–Crippen MR) is 145 cm³/mol. The smallest absolute Gasteiger partial charge is 0.256 e. The largest absolute Gasteiger partial charge is 0.378 e. The number of H-pyrrole nitrogens is 1. The summed E-state index contributed by atoms with van der Waals surface area (Å²) in [5.74, 6) is -0.908. The summed E-state index contributed by atoms with van der Waals surface area (Å²) >= 11 is 5.83. The minimum absolute atomic E-state index is 0.0198. The summed E-state index contributed by atoms with van der Waals surface area (Å²) in [5, 5.41) is 10.5. The zero-order valence-electron chi connectivity index (χ0n) is 21.0. The molecule has 0 spiro atoms. The van der Waals surface area contributed by atoms with Crippen molar-refractivity contribution in [3.63, 3.8) is 0 Å². The summed E-state index contributed by atoms with van der Waals surface area (Å²) < 4.78 is 14.5. The van der Waals surface area contributed by atoms with Gasteiger partial charge >= 0.3 is 0 Å². The molecule has 1 amide bonds. The number of hydrogen-bond donors (Lipinski definition) is 2. The molecule has 2 N–H and O–H groups in total. The fourth-order valence-corrected chi connectivity index (χ4v) is 5.53. The maximum absolute atomic E-state index is 14.5. The van der Waals surface area contributed by atoms with E-state index in [0.29, 0.717) is 36.5 Å². The number of carbonyl (C=O) groups is 1. The van der Waals surface area contributed by atoms with E-state index < -0.39 is 23.2 Å². The van der Waals surface area contributed by atoms with Crippen LogP contribution in [0.2, 0.25) is 5.02 Å². The first-order chi connectivity index (χ1) is 18.9. The van der Waals surface area contributed by atoms with Gasteiger partial charge in [0, 0.05) is 30.1 Å². The van der Waals surface area contributed by atoms with E-state index in [1.54, 1.807) is 0 Å². The van der Waals surface area contributed by atoms with Gasteiger partial charge in [0.15, 0.2) is 6.10 Å². The molecule has 1 fully saturated rings. The van der Waals surface area contributed by atoms with E-state index in [2.05, 4.69) is 16.0 Å². The minimum atomic E-state index is -1.73. The first-order valence-electron chi connectivity index (χ1n) is 12.9. The van der Waals surface area contributed by atoms with Gasteiger partial charge in [-0.05, 0) is 48.9 Å². The van der Waals surface area contributed by atoms with Gasteiger partial charge in [0.1, 0.15) is 11.6 Å². The van der Waals surface area contributed by atoms with Gasteiger partial charge in [-0.2, -0.15) is 0 Å². The van der Waals surface area contributed by atoms with Gasteiger partial charge in [-0.3, -0.25) is 14.6 Å². The average Bonchev–Trinajstić information content (AvgIpc) is 3.79. The van der Waals surface area contributed by atoms with Gasteiger partial charge in [-0.1, -0.05) is 54.1 Å². The summed E-state index contributed by atoms with van der Waals surface area (Å²) in [4.78, 5) is 40.2. The molecule has 1 unspecified atom stereocenters. The number of hydrogen-bond acceptors (Lipinski definition) is 5. The van der Waals surface area contributed by atoms with Gasteiger partial charge in [0.05, 0.1) is 28.2 Å². The van der Waals surface area contributed by atoms with E-state index in [9.17, 15) is 19.1 Å². The lowest BCUT2D eigenvalue weighted by Crippen LogP contribution is -2.37. The maximum Gasteiger partial charge on any atom is 0.256 e. The standard InChI is InChI=1S/C30H26ClFN4O3/c31-23-9-4-8-21(25(23)32)26(37)28(39)36-13-5-10-24-22(17-36)27(38)35-29(34-24)30(11-12-30)20-14-19(15-33-16-20)18-6-2-1-3-7-18/h1-4,6-9,14-16,26,37H,5,10-13,17H2,(H,34,35,38). The van der Waals surface area contributed by atoms with Crippen molar-refractivity contribution in [1.29, 1.82) is 0 Å². The van der Waals surface area contributed by atoms with Crippen LogP contribution in [-0.2, 0) is 23.2 Å². The zero-order valence-corrected chi connectivity index (χ0v) is 21.8. The molecule has 0 radical (unpaired) electrons. The van der Waals surface area contributed by atoms with Crippen LogP contribution in [0.25, 0.3) is 11.1 Å². The van der Waals surface area contributed by atoms with Crippen LogP contribution < -0.4 is 5.56 Å². The van der Waals surface area contributed by atoms with Crippen LogP contribution in [0.4, 0.5) is 4.39 Å². The topological polar surface area (TPSA) is 99.2 Å². The molecule has 1 aliphatic heterocycles. The third kappa shape index (κ3) is 4.64. The van der Waals surface area contributed by atoms with Gasteiger partial charge in [0.25, 0.3) is 11.5 Å². The van der Waals surface area contributed by atoms with E-state index in [4.69, 9.17) is 16.6 Å². The molecule has 1 saturated carbocycles. The average molecular weight is 545 g/mol. The van der Waals surface area contributed by atoms with E-state index in [1.807, 2.05) is 42.7 Å². The van der Waals surface area contributed by atoms with Crippen molar-refractivity contribution in [2.24, 2.45) is 0 Å². The molecular formula is C30H26ClFN4O3. The number of rotatable bonds is 5. The number of aromatic amines is 1. The molecule has 198 valence electrons. The number of aliphatic hydroxyl groups is 1. The lowest BCUT2D eigenvalue weighted by molar-refractivity contribution is -0.141. The maximum atomic E-state index is 14.5. The second kappa shape index (κ2) is 10.0. The number of amides is 1. The SMILES string of the molecule is O=C(C(O)c1cccc(Cl)c1F)N1CCCc2nc(C3(c4cncc(-c5ccccc5)c4)CC3)[nH]c(=O)c2C1. The number of fused-ring (bicyclic) bond motifs is 1. The summed E-state index contributed by atoms with van der Waals surface area (Å²) in [6.45, 7) is 0.283. The van der Waals surface area contributed by atoms with Crippen LogP contribution in [-0.4, -0.2) is 37.4 Å². The van der Waals surface area contributed by atoms with Crippen LogP contribution in [0.3, 0.4) is 0 Å². The third-order valence-corrected chi connectivity index (χ3v) is 8.01. The van der Waals surface area contributed by atoms with Gasteiger partial charge < -0.3 is 15.0 Å². The number of nitrogens with one attached hydrogen (secondary N) is 1. The van der Waals surface area contributed by atoms with Crippen LogP contribution in [0.5, 0.6) is 0 Å². The molecule has 1 aliphatic carbocycles. The summed E-state index contributed by atoms with van der Waals surface area (Å²) in [6.07, 6.45) is 4.69. The molecule has 1 atom stereocenters. The highest BCUT2D eigenvalue weighted by atomic mass is 35.5. The summed E-state index contributed by atoms with van der Waals surface area (Å²) in [5.41, 5.74) is 3.19. The number of carbonyl (C=O) groups excluding carboxylic acids is 1. The normalized spacial score (nSPS) is 16.7. The molecule has 2 aromatic heterocycles. The number of aromatic nitrogens is 3. The Kier molecular flexibility index (Phi) is 6.53. The second-order valence-electron chi connectivity index (χ2n) is 10.2. The Bertz CT molecular complexity index is 1620. The fourth-order valence-electron chi connectivity index (χ4n) is 5.35. The Morgan fingerprint density at radius 3 is 2.67 bits per heavy atom. The summed E-state index contributed by atoms with van der Waals surface area (Å²) in [7, 11) is 0. The van der Waals surface area contributed by atoms with E-state index in [1.165, 1.54) is 23.1 Å². The Morgan fingerprint density at radius 2 is 1.90 bits per heavy atom. The first kappa shape index (κ1) is 25.4. The van der Waals surface area contributed by atoms with Crippen molar-refractivity contribution in [1.82, 2.24) is 19.9 Å². The molecular weight excluding hydrogens is 519 g/mol. The van der Waals surface area contributed by atoms with Crippen molar-refractivity contribution in [2.75, 3.05) is 6.54 Å². The van der Waals surface area contributed by atoms with E-state index in [0.717, 1.165) is 29.5 Å². The highest BCUT2D eigenvalue weighted by molar-refractivity contribution is 6.30. The monoisotopic (exact) mass is 544 g/mol. The van der Waals surface area contributed by atoms with Crippen molar-refractivity contribution < 1.29 is 14.3 Å². The molecule has 3 heterocycles.